The summed E-state index contributed by atoms with van der Waals surface area (Å²) in [6.45, 7) is -2.46. The van der Waals surface area contributed by atoms with Crippen LogP contribution in [0.15, 0.2) is 6.07 Å². The molecule has 0 aliphatic heterocycles. The minimum Gasteiger partial charge on any atom is -0.390 e. The molecule has 0 spiro atoms. The van der Waals surface area contributed by atoms with Gasteiger partial charge in [0, 0.05) is 13.1 Å². The first-order chi connectivity index (χ1) is 8.68. The SMILES string of the molecule is CNc1cc(NCC(F)(F)CO)nc(C(F)(F)F)n1. The Morgan fingerprint density at radius 2 is 1.74 bits per heavy atom. The summed E-state index contributed by atoms with van der Waals surface area (Å²) in [5.74, 6) is -5.49. The van der Waals surface area contributed by atoms with E-state index in [1.807, 2.05) is 5.32 Å². The standard InChI is InChI=1S/C9H11F5N4O/c1-15-5-2-6(16-3-8(10,11)4-19)18-7(17-5)9(12,13)14/h2,19H,3-4H2,1H3,(H2,15,16,17,18). The Hall–Kier alpha value is -1.71. The molecule has 19 heavy (non-hydrogen) atoms. The van der Waals surface area contributed by atoms with E-state index in [1.165, 1.54) is 7.05 Å². The minimum absolute atomic E-state index is 0.169. The molecule has 0 unspecified atom stereocenters. The zero-order valence-corrected chi connectivity index (χ0v) is 9.72. The van der Waals surface area contributed by atoms with Crippen molar-refractivity contribution in [3.63, 3.8) is 0 Å². The number of nitrogens with one attached hydrogen (secondary N) is 2. The summed E-state index contributed by atoms with van der Waals surface area (Å²) >= 11 is 0. The molecule has 1 rings (SSSR count). The Morgan fingerprint density at radius 1 is 1.16 bits per heavy atom. The highest BCUT2D eigenvalue weighted by molar-refractivity contribution is 5.47. The Balaban J connectivity index is 2.95. The number of nitrogens with zero attached hydrogens (tertiary/aromatic N) is 2. The zero-order chi connectivity index (χ0) is 14.7. The number of aliphatic hydroxyl groups is 1. The molecule has 1 aromatic heterocycles. The molecule has 1 aromatic rings. The van der Waals surface area contributed by atoms with Gasteiger partial charge in [-0.1, -0.05) is 0 Å². The lowest BCUT2D eigenvalue weighted by molar-refractivity contribution is -0.144. The fraction of sp³-hybridized carbons (Fsp3) is 0.556. The molecule has 0 saturated heterocycles. The molecule has 10 heteroatoms. The first-order valence-electron chi connectivity index (χ1n) is 5.04. The van der Waals surface area contributed by atoms with Gasteiger partial charge < -0.3 is 15.7 Å². The van der Waals surface area contributed by atoms with Gasteiger partial charge in [0.15, 0.2) is 0 Å². The third kappa shape index (κ3) is 4.47. The van der Waals surface area contributed by atoms with Crippen LogP contribution in [0, 0.1) is 0 Å². The van der Waals surface area contributed by atoms with E-state index in [0.29, 0.717) is 0 Å². The van der Waals surface area contributed by atoms with Crippen LogP contribution in [0.5, 0.6) is 0 Å². The number of anilines is 2. The molecule has 0 aliphatic carbocycles. The molecule has 108 valence electrons. The molecular weight excluding hydrogens is 275 g/mol. The quantitative estimate of drug-likeness (QED) is 0.717. The number of hydrogen-bond donors (Lipinski definition) is 3. The van der Waals surface area contributed by atoms with Crippen molar-refractivity contribution < 1.29 is 27.1 Å². The van der Waals surface area contributed by atoms with Crippen LogP contribution in [0.3, 0.4) is 0 Å². The number of alkyl halides is 5. The number of halogens is 5. The predicted octanol–water partition coefficient (Wildman–Crippen LogP) is 1.58. The van der Waals surface area contributed by atoms with Crippen molar-refractivity contribution in [3.8, 4) is 0 Å². The maximum atomic E-state index is 12.8. The second kappa shape index (κ2) is 5.51. The first-order valence-corrected chi connectivity index (χ1v) is 5.04. The van der Waals surface area contributed by atoms with Crippen molar-refractivity contribution in [3.05, 3.63) is 11.9 Å². The summed E-state index contributed by atoms with van der Waals surface area (Å²) in [6, 6.07) is 1.04. The van der Waals surface area contributed by atoms with E-state index in [4.69, 9.17) is 5.11 Å². The molecule has 3 N–H and O–H groups in total. The smallest absolute Gasteiger partial charge is 0.390 e. The summed E-state index contributed by atoms with van der Waals surface area (Å²) in [5, 5.41) is 12.7. The summed E-state index contributed by atoms with van der Waals surface area (Å²) < 4.78 is 62.9. The predicted molar refractivity (Wildman–Crippen MR) is 57.1 cm³/mol. The van der Waals surface area contributed by atoms with Crippen LogP contribution in [0.1, 0.15) is 5.82 Å². The maximum absolute atomic E-state index is 12.8. The highest BCUT2D eigenvalue weighted by atomic mass is 19.4. The van der Waals surface area contributed by atoms with E-state index in [0.717, 1.165) is 6.07 Å². The van der Waals surface area contributed by atoms with Gasteiger partial charge in [-0.15, -0.1) is 0 Å². The lowest BCUT2D eigenvalue weighted by atomic mass is 10.3. The summed E-state index contributed by atoms with van der Waals surface area (Å²) in [5.41, 5.74) is 0. The van der Waals surface area contributed by atoms with Gasteiger partial charge >= 0.3 is 6.18 Å². The summed E-state index contributed by atoms with van der Waals surface area (Å²) in [6.07, 6.45) is -4.79. The van der Waals surface area contributed by atoms with Crippen LogP contribution in [0.4, 0.5) is 33.6 Å². The van der Waals surface area contributed by atoms with Gasteiger partial charge in [-0.25, -0.2) is 18.7 Å². The topological polar surface area (TPSA) is 70.1 Å². The van der Waals surface area contributed by atoms with Crippen LogP contribution < -0.4 is 10.6 Å². The van der Waals surface area contributed by atoms with Gasteiger partial charge in [0.05, 0.1) is 6.54 Å². The zero-order valence-electron chi connectivity index (χ0n) is 9.72. The van der Waals surface area contributed by atoms with Crippen LogP contribution in [0.2, 0.25) is 0 Å². The third-order valence-electron chi connectivity index (χ3n) is 2.00. The van der Waals surface area contributed by atoms with E-state index in [2.05, 4.69) is 15.3 Å². The van der Waals surface area contributed by atoms with E-state index in [-0.39, 0.29) is 5.82 Å². The minimum atomic E-state index is -4.79. The highest BCUT2D eigenvalue weighted by Crippen LogP contribution is 2.28. The molecule has 0 fully saturated rings. The molecule has 0 amide bonds. The number of rotatable bonds is 5. The van der Waals surface area contributed by atoms with E-state index in [1.54, 1.807) is 0 Å². The summed E-state index contributed by atoms with van der Waals surface area (Å²) in [7, 11) is 1.33. The molecule has 0 saturated carbocycles. The fourth-order valence-electron chi connectivity index (χ4n) is 1.07. The average Bonchev–Trinajstić information content (AvgIpc) is 2.35. The largest absolute Gasteiger partial charge is 0.451 e. The fourth-order valence-corrected chi connectivity index (χ4v) is 1.07. The Kier molecular flexibility index (Phi) is 4.45. The third-order valence-corrected chi connectivity index (χ3v) is 2.00. The molecule has 5 nitrogen and oxygen atoms in total. The number of hydrogen-bond acceptors (Lipinski definition) is 5. The number of aromatic nitrogens is 2. The molecule has 0 atom stereocenters. The van der Waals surface area contributed by atoms with Crippen LogP contribution in [-0.4, -0.2) is 41.2 Å². The monoisotopic (exact) mass is 286 g/mol. The van der Waals surface area contributed by atoms with Crippen LogP contribution in [-0.2, 0) is 6.18 Å². The van der Waals surface area contributed by atoms with E-state index >= 15 is 0 Å². The van der Waals surface area contributed by atoms with Crippen molar-refractivity contribution in [2.24, 2.45) is 0 Å². The normalized spacial score (nSPS) is 12.4. The average molecular weight is 286 g/mol. The van der Waals surface area contributed by atoms with Crippen molar-refractivity contribution >= 4 is 11.6 Å². The summed E-state index contributed by atoms with van der Waals surface area (Å²) in [4.78, 5) is 6.25. The molecule has 1 heterocycles. The molecule has 0 radical (unpaired) electrons. The maximum Gasteiger partial charge on any atom is 0.451 e. The lowest BCUT2D eigenvalue weighted by Gasteiger charge is -2.15. The van der Waals surface area contributed by atoms with E-state index in [9.17, 15) is 22.0 Å². The Labute approximate surface area is 104 Å². The van der Waals surface area contributed by atoms with Gasteiger partial charge in [-0.2, -0.15) is 13.2 Å². The second-order valence-corrected chi connectivity index (χ2v) is 3.58. The Bertz CT molecular complexity index is 437. The Morgan fingerprint density at radius 3 is 2.21 bits per heavy atom. The molecule has 0 bridgehead atoms. The van der Waals surface area contributed by atoms with Gasteiger partial charge in [0.2, 0.25) is 5.82 Å². The van der Waals surface area contributed by atoms with Crippen molar-refractivity contribution in [2.45, 2.75) is 12.1 Å². The van der Waals surface area contributed by atoms with Crippen molar-refractivity contribution in [2.75, 3.05) is 30.8 Å². The van der Waals surface area contributed by atoms with Crippen molar-refractivity contribution in [1.29, 1.82) is 0 Å². The highest BCUT2D eigenvalue weighted by Gasteiger charge is 2.35. The number of aliphatic hydroxyl groups excluding tert-OH is 1. The van der Waals surface area contributed by atoms with Crippen LogP contribution >= 0.6 is 0 Å². The molecule has 0 aromatic carbocycles. The van der Waals surface area contributed by atoms with Crippen LogP contribution in [0.25, 0.3) is 0 Å². The van der Waals surface area contributed by atoms with Crippen molar-refractivity contribution in [1.82, 2.24) is 9.97 Å². The second-order valence-electron chi connectivity index (χ2n) is 3.58. The van der Waals surface area contributed by atoms with Gasteiger partial charge in [0.1, 0.15) is 18.2 Å². The molecule has 0 aliphatic rings. The lowest BCUT2D eigenvalue weighted by Crippen LogP contribution is -2.31. The van der Waals surface area contributed by atoms with Gasteiger partial charge in [0.25, 0.3) is 5.92 Å². The molecular formula is C9H11F5N4O. The van der Waals surface area contributed by atoms with Gasteiger partial charge in [-0.3, -0.25) is 0 Å². The van der Waals surface area contributed by atoms with E-state index < -0.39 is 36.9 Å². The van der Waals surface area contributed by atoms with Gasteiger partial charge in [-0.05, 0) is 0 Å². The first kappa shape index (κ1) is 15.3.